The van der Waals surface area contributed by atoms with Crippen LogP contribution in [0.1, 0.15) is 45.3 Å². The molecule has 0 spiro atoms. The fourth-order valence-corrected chi connectivity index (χ4v) is 3.29. The SMILES string of the molecule is CC(F)(F)COc1ncc(CN2Cc3c(ccnc3C(=O)NCCCO)C2=O)cc1Cl. The maximum atomic E-state index is 13.0. The Hall–Kier alpha value is -2.85. The van der Waals surface area contributed by atoms with Crippen LogP contribution in [-0.2, 0) is 13.1 Å². The average Bonchev–Trinajstić information content (AvgIpc) is 3.02. The van der Waals surface area contributed by atoms with E-state index in [9.17, 15) is 18.4 Å². The molecule has 2 aromatic rings. The van der Waals surface area contributed by atoms with E-state index in [-0.39, 0.29) is 42.2 Å². The fourth-order valence-electron chi connectivity index (χ4n) is 3.05. The van der Waals surface area contributed by atoms with Gasteiger partial charge >= 0.3 is 0 Å². The lowest BCUT2D eigenvalue weighted by Crippen LogP contribution is -2.27. The zero-order valence-corrected chi connectivity index (χ0v) is 17.5. The average molecular weight is 455 g/mol. The molecular weight excluding hydrogens is 434 g/mol. The van der Waals surface area contributed by atoms with Gasteiger partial charge in [-0.15, -0.1) is 0 Å². The molecule has 1 aliphatic rings. The molecule has 1 aliphatic heterocycles. The van der Waals surface area contributed by atoms with E-state index in [1.165, 1.54) is 23.4 Å². The van der Waals surface area contributed by atoms with Gasteiger partial charge in [0.2, 0.25) is 5.88 Å². The van der Waals surface area contributed by atoms with Crippen molar-refractivity contribution in [1.82, 2.24) is 20.2 Å². The second-order valence-electron chi connectivity index (χ2n) is 7.17. The quantitative estimate of drug-likeness (QED) is 0.564. The molecular formula is C20H21ClF2N4O4. The molecule has 2 amide bonds. The first kappa shape index (κ1) is 22.8. The summed E-state index contributed by atoms with van der Waals surface area (Å²) in [7, 11) is 0. The largest absolute Gasteiger partial charge is 0.470 e. The van der Waals surface area contributed by atoms with Gasteiger partial charge in [0.15, 0.2) is 6.61 Å². The van der Waals surface area contributed by atoms with E-state index in [2.05, 4.69) is 15.3 Å². The molecule has 0 saturated carbocycles. The summed E-state index contributed by atoms with van der Waals surface area (Å²) in [5.74, 6) is -3.83. The summed E-state index contributed by atoms with van der Waals surface area (Å²) in [6.07, 6.45) is 3.20. The maximum Gasteiger partial charge on any atom is 0.278 e. The van der Waals surface area contributed by atoms with Gasteiger partial charge < -0.3 is 20.1 Å². The van der Waals surface area contributed by atoms with Gasteiger partial charge in [-0.1, -0.05) is 11.6 Å². The van der Waals surface area contributed by atoms with Gasteiger partial charge in [-0.3, -0.25) is 14.6 Å². The van der Waals surface area contributed by atoms with Crippen molar-refractivity contribution in [3.63, 3.8) is 0 Å². The standard InChI is InChI=1S/C20H21ClF2N4O4/c1-20(22,23)11-31-18-15(21)7-12(8-26-18)9-27-10-14-13(19(27)30)3-5-24-16(14)17(29)25-4-2-6-28/h3,5,7-8,28H,2,4,6,9-11H2,1H3,(H,25,29). The summed E-state index contributed by atoms with van der Waals surface area (Å²) in [5.41, 5.74) is 1.63. The number of amides is 2. The third kappa shape index (κ3) is 5.65. The predicted octanol–water partition coefficient (Wildman–Crippen LogP) is 2.43. The van der Waals surface area contributed by atoms with Crippen molar-refractivity contribution < 1.29 is 28.2 Å². The monoisotopic (exact) mass is 454 g/mol. The van der Waals surface area contributed by atoms with Gasteiger partial charge in [-0.2, -0.15) is 0 Å². The molecule has 8 nitrogen and oxygen atoms in total. The van der Waals surface area contributed by atoms with Crippen LogP contribution in [0.3, 0.4) is 0 Å². The topological polar surface area (TPSA) is 105 Å². The first-order valence-corrected chi connectivity index (χ1v) is 9.88. The summed E-state index contributed by atoms with van der Waals surface area (Å²) in [5, 5.41) is 11.6. The van der Waals surface area contributed by atoms with Crippen molar-refractivity contribution >= 4 is 23.4 Å². The Morgan fingerprint density at radius 3 is 2.87 bits per heavy atom. The number of nitrogens with zero attached hydrogens (tertiary/aromatic N) is 3. The zero-order valence-electron chi connectivity index (χ0n) is 16.7. The van der Waals surface area contributed by atoms with Crippen LogP contribution in [0.15, 0.2) is 24.5 Å². The van der Waals surface area contributed by atoms with Crippen LogP contribution >= 0.6 is 11.6 Å². The number of carbonyl (C=O) groups is 2. The lowest BCUT2D eigenvalue weighted by atomic mass is 10.1. The Kier molecular flexibility index (Phi) is 7.01. The summed E-state index contributed by atoms with van der Waals surface area (Å²) < 4.78 is 30.8. The number of halogens is 3. The third-order valence-electron chi connectivity index (χ3n) is 4.46. The van der Waals surface area contributed by atoms with Gasteiger partial charge in [0.25, 0.3) is 17.7 Å². The number of pyridine rings is 2. The van der Waals surface area contributed by atoms with Gasteiger partial charge in [0.1, 0.15) is 10.7 Å². The molecule has 2 aromatic heterocycles. The van der Waals surface area contributed by atoms with Crippen molar-refractivity contribution in [1.29, 1.82) is 0 Å². The molecule has 0 fully saturated rings. The van der Waals surface area contributed by atoms with Crippen LogP contribution in [0.2, 0.25) is 5.02 Å². The van der Waals surface area contributed by atoms with Crippen LogP contribution in [0, 0.1) is 0 Å². The Morgan fingerprint density at radius 1 is 1.42 bits per heavy atom. The Bertz CT molecular complexity index is 984. The second-order valence-corrected chi connectivity index (χ2v) is 7.58. The molecule has 0 radical (unpaired) electrons. The molecule has 2 N–H and O–H groups in total. The number of fused-ring (bicyclic) bond motifs is 1. The highest BCUT2D eigenvalue weighted by atomic mass is 35.5. The smallest absolute Gasteiger partial charge is 0.278 e. The molecule has 166 valence electrons. The Morgan fingerprint density at radius 2 is 2.19 bits per heavy atom. The fraction of sp³-hybridized carbons (Fsp3) is 0.400. The first-order valence-electron chi connectivity index (χ1n) is 9.51. The number of hydrogen-bond donors (Lipinski definition) is 2. The minimum Gasteiger partial charge on any atom is -0.470 e. The molecule has 3 heterocycles. The number of nitrogens with one attached hydrogen (secondary N) is 1. The molecule has 3 rings (SSSR count). The number of aromatic nitrogens is 2. The second kappa shape index (κ2) is 9.52. The minimum atomic E-state index is -3.02. The highest BCUT2D eigenvalue weighted by molar-refractivity contribution is 6.31. The van der Waals surface area contributed by atoms with Gasteiger partial charge in [0.05, 0.1) is 0 Å². The Balaban J connectivity index is 1.71. The minimum absolute atomic E-state index is 0.0475. The van der Waals surface area contributed by atoms with Gasteiger partial charge in [0, 0.05) is 56.7 Å². The van der Waals surface area contributed by atoms with E-state index in [4.69, 9.17) is 21.4 Å². The molecule has 0 aliphatic carbocycles. The number of hydrogen-bond acceptors (Lipinski definition) is 6. The number of aliphatic hydroxyl groups is 1. The number of alkyl halides is 2. The molecule has 31 heavy (non-hydrogen) atoms. The number of rotatable bonds is 9. The predicted molar refractivity (Wildman–Crippen MR) is 107 cm³/mol. The highest BCUT2D eigenvalue weighted by Crippen LogP contribution is 2.29. The van der Waals surface area contributed by atoms with Crippen molar-refractivity contribution in [2.24, 2.45) is 0 Å². The van der Waals surface area contributed by atoms with Crippen molar-refractivity contribution in [2.45, 2.75) is 32.4 Å². The van der Waals surface area contributed by atoms with E-state index in [1.54, 1.807) is 6.07 Å². The van der Waals surface area contributed by atoms with Crippen LogP contribution < -0.4 is 10.1 Å². The van der Waals surface area contributed by atoms with E-state index in [1.807, 2.05) is 0 Å². The van der Waals surface area contributed by atoms with E-state index in [0.717, 1.165) is 6.92 Å². The molecule has 0 atom stereocenters. The van der Waals surface area contributed by atoms with Gasteiger partial charge in [-0.05, 0) is 24.1 Å². The summed E-state index contributed by atoms with van der Waals surface area (Å²) in [6.45, 7) is 0.435. The number of carbonyl (C=O) groups excluding carboxylic acids is 2. The highest BCUT2D eigenvalue weighted by Gasteiger charge is 2.32. The lowest BCUT2D eigenvalue weighted by molar-refractivity contribution is -0.0242. The lowest BCUT2D eigenvalue weighted by Gasteiger charge is -2.17. The molecule has 11 heteroatoms. The number of ether oxygens (including phenoxy) is 1. The van der Waals surface area contributed by atoms with Crippen molar-refractivity contribution in [2.75, 3.05) is 19.8 Å². The zero-order chi connectivity index (χ0) is 22.6. The van der Waals surface area contributed by atoms with E-state index < -0.39 is 18.4 Å². The van der Waals surface area contributed by atoms with Crippen molar-refractivity contribution in [3.05, 3.63) is 51.9 Å². The van der Waals surface area contributed by atoms with Gasteiger partial charge in [-0.25, -0.2) is 13.8 Å². The van der Waals surface area contributed by atoms with E-state index in [0.29, 0.717) is 29.7 Å². The normalized spacial score (nSPS) is 13.3. The molecule has 0 saturated heterocycles. The van der Waals surface area contributed by atoms with Crippen molar-refractivity contribution in [3.8, 4) is 5.88 Å². The van der Waals surface area contributed by atoms with Crippen LogP contribution in [-0.4, -0.2) is 57.5 Å². The molecule has 0 aromatic carbocycles. The third-order valence-corrected chi connectivity index (χ3v) is 4.73. The Labute approximate surface area is 182 Å². The molecule has 0 unspecified atom stereocenters. The maximum absolute atomic E-state index is 13.0. The van der Waals surface area contributed by atoms with E-state index >= 15 is 0 Å². The number of aliphatic hydroxyl groups excluding tert-OH is 1. The summed E-state index contributed by atoms with van der Waals surface area (Å²) in [4.78, 5) is 34.7. The first-order chi connectivity index (χ1) is 14.7. The van der Waals surface area contributed by atoms with Crippen LogP contribution in [0.5, 0.6) is 5.88 Å². The van der Waals surface area contributed by atoms with Crippen LogP contribution in [0.4, 0.5) is 8.78 Å². The summed E-state index contributed by atoms with van der Waals surface area (Å²) >= 11 is 6.08. The summed E-state index contributed by atoms with van der Waals surface area (Å²) in [6, 6.07) is 3.05. The molecule has 0 bridgehead atoms. The van der Waals surface area contributed by atoms with Crippen LogP contribution in [0.25, 0.3) is 0 Å².